The van der Waals surface area contributed by atoms with E-state index in [9.17, 15) is 0 Å². The van der Waals surface area contributed by atoms with Gasteiger partial charge >= 0.3 is 0 Å². The molecule has 0 aliphatic carbocycles. The topological polar surface area (TPSA) is 9.23 Å². The average molecular weight is 282 g/mol. The summed E-state index contributed by atoms with van der Waals surface area (Å²) in [5.74, 6) is 2.00. The molecule has 3 rings (SSSR count). The van der Waals surface area contributed by atoms with Gasteiger partial charge < -0.3 is 4.74 Å². The summed E-state index contributed by atoms with van der Waals surface area (Å²) in [6.45, 7) is 0. The highest BCUT2D eigenvalue weighted by atomic mass is 32.2. The van der Waals surface area contributed by atoms with Crippen LogP contribution in [0, 0.1) is 0 Å². The molecular formula is C18H18OS. The molecule has 0 bridgehead atoms. The van der Waals surface area contributed by atoms with Gasteiger partial charge in [0.25, 0.3) is 0 Å². The molecule has 0 radical (unpaired) electrons. The van der Waals surface area contributed by atoms with Crippen LogP contribution in [0.15, 0.2) is 72.5 Å². The van der Waals surface area contributed by atoms with Crippen LogP contribution in [0.2, 0.25) is 0 Å². The second kappa shape index (κ2) is 5.76. The summed E-state index contributed by atoms with van der Waals surface area (Å²) in [7, 11) is 1.75. The molecule has 2 heteroatoms. The number of hydrogen-bond donors (Lipinski definition) is 0. The van der Waals surface area contributed by atoms with E-state index >= 15 is 0 Å². The number of methoxy groups -OCH3 is 1. The van der Waals surface area contributed by atoms with Gasteiger partial charge in [-0.1, -0.05) is 60.7 Å². The van der Waals surface area contributed by atoms with E-state index in [4.69, 9.17) is 4.74 Å². The zero-order chi connectivity index (χ0) is 13.8. The van der Waals surface area contributed by atoms with Crippen LogP contribution in [0.5, 0.6) is 0 Å². The Balaban J connectivity index is 2.08. The van der Waals surface area contributed by atoms with Gasteiger partial charge in [-0.05, 0) is 23.6 Å². The Hall–Kier alpha value is -1.67. The number of hydrogen-bond acceptors (Lipinski definition) is 2. The van der Waals surface area contributed by atoms with Crippen LogP contribution < -0.4 is 0 Å². The Morgan fingerprint density at radius 2 is 1.45 bits per heavy atom. The lowest BCUT2D eigenvalue weighted by molar-refractivity contribution is 0.291. The van der Waals surface area contributed by atoms with Gasteiger partial charge in [0, 0.05) is 0 Å². The predicted octanol–water partition coefficient (Wildman–Crippen LogP) is 4.60. The molecule has 1 aliphatic rings. The average Bonchev–Trinajstić information content (AvgIpc) is 2.56. The quantitative estimate of drug-likeness (QED) is 0.814. The molecule has 0 aromatic heterocycles. The Morgan fingerprint density at radius 1 is 0.900 bits per heavy atom. The smallest absolute Gasteiger partial charge is 0.102 e. The summed E-state index contributed by atoms with van der Waals surface area (Å²) in [4.78, 5) is 0. The van der Waals surface area contributed by atoms with E-state index in [1.807, 2.05) is 11.8 Å². The number of rotatable bonds is 3. The first-order chi connectivity index (χ1) is 9.85. The van der Waals surface area contributed by atoms with Crippen LogP contribution in [0.4, 0.5) is 0 Å². The van der Waals surface area contributed by atoms with Gasteiger partial charge in [0.2, 0.25) is 0 Å². The van der Waals surface area contributed by atoms with Crippen LogP contribution in [0.25, 0.3) is 0 Å². The first-order valence-electron chi connectivity index (χ1n) is 6.83. The molecule has 0 unspecified atom stereocenters. The third kappa shape index (κ3) is 2.36. The highest BCUT2D eigenvalue weighted by Gasteiger charge is 2.36. The van der Waals surface area contributed by atoms with Gasteiger partial charge in [0.15, 0.2) is 0 Å². The van der Waals surface area contributed by atoms with Crippen molar-refractivity contribution in [3.05, 3.63) is 83.6 Å². The Kier molecular flexibility index (Phi) is 3.83. The summed E-state index contributed by atoms with van der Waals surface area (Å²) in [5.41, 5.74) is 2.73. The maximum atomic E-state index is 5.40. The number of ether oxygens (including phenoxy) is 1. The van der Waals surface area contributed by atoms with Gasteiger partial charge in [-0.15, -0.1) is 11.8 Å². The zero-order valence-electron chi connectivity index (χ0n) is 11.6. The molecule has 2 aromatic rings. The SMILES string of the molecule is COC1=CCC(c2ccccc2)(c2ccccc2)SC1. The van der Waals surface area contributed by atoms with Crippen LogP contribution in [-0.2, 0) is 9.48 Å². The molecule has 102 valence electrons. The molecule has 1 aliphatic heterocycles. The van der Waals surface area contributed by atoms with Crippen molar-refractivity contribution in [3.63, 3.8) is 0 Å². The molecule has 1 heterocycles. The fraction of sp³-hybridized carbons (Fsp3) is 0.222. The maximum Gasteiger partial charge on any atom is 0.102 e. The molecule has 1 nitrogen and oxygen atoms in total. The van der Waals surface area contributed by atoms with Gasteiger partial charge in [0.05, 0.1) is 17.6 Å². The first-order valence-corrected chi connectivity index (χ1v) is 7.82. The van der Waals surface area contributed by atoms with Gasteiger partial charge in [-0.2, -0.15) is 0 Å². The van der Waals surface area contributed by atoms with Crippen molar-refractivity contribution in [2.24, 2.45) is 0 Å². The van der Waals surface area contributed by atoms with Crippen molar-refractivity contribution in [2.75, 3.05) is 12.9 Å². The van der Waals surface area contributed by atoms with Crippen LogP contribution in [-0.4, -0.2) is 12.9 Å². The van der Waals surface area contributed by atoms with E-state index in [-0.39, 0.29) is 4.75 Å². The van der Waals surface area contributed by atoms with Crippen molar-refractivity contribution >= 4 is 11.8 Å². The third-order valence-electron chi connectivity index (χ3n) is 3.82. The minimum absolute atomic E-state index is 0.00451. The number of thioether (sulfide) groups is 1. The summed E-state index contributed by atoms with van der Waals surface area (Å²) in [6, 6.07) is 21.5. The fourth-order valence-electron chi connectivity index (χ4n) is 2.70. The molecule has 0 spiro atoms. The molecule has 2 aromatic carbocycles. The van der Waals surface area contributed by atoms with Gasteiger partial charge in [0.1, 0.15) is 5.76 Å². The van der Waals surface area contributed by atoms with E-state index in [0.29, 0.717) is 0 Å². The van der Waals surface area contributed by atoms with Crippen molar-refractivity contribution in [1.29, 1.82) is 0 Å². The van der Waals surface area contributed by atoms with Crippen molar-refractivity contribution in [3.8, 4) is 0 Å². The highest BCUT2D eigenvalue weighted by molar-refractivity contribution is 8.00. The van der Waals surface area contributed by atoms with Crippen LogP contribution >= 0.6 is 11.8 Å². The zero-order valence-corrected chi connectivity index (χ0v) is 12.4. The molecule has 20 heavy (non-hydrogen) atoms. The summed E-state index contributed by atoms with van der Waals surface area (Å²) >= 11 is 1.96. The van der Waals surface area contributed by atoms with E-state index in [1.165, 1.54) is 11.1 Å². The lowest BCUT2D eigenvalue weighted by Gasteiger charge is -2.36. The minimum atomic E-state index is 0.00451. The van der Waals surface area contributed by atoms with Gasteiger partial charge in [-0.3, -0.25) is 0 Å². The molecule has 0 N–H and O–H groups in total. The van der Waals surface area contributed by atoms with E-state index in [1.54, 1.807) is 7.11 Å². The molecular weight excluding hydrogens is 264 g/mol. The first kappa shape index (κ1) is 13.3. The molecule has 0 fully saturated rings. The van der Waals surface area contributed by atoms with E-state index in [2.05, 4.69) is 66.7 Å². The lowest BCUT2D eigenvalue weighted by atomic mass is 9.87. The van der Waals surface area contributed by atoms with Crippen molar-refractivity contribution in [2.45, 2.75) is 11.2 Å². The molecule has 0 amide bonds. The van der Waals surface area contributed by atoms with Gasteiger partial charge in [-0.25, -0.2) is 0 Å². The number of allylic oxidation sites excluding steroid dienone is 1. The second-order valence-corrected chi connectivity index (χ2v) is 6.20. The second-order valence-electron chi connectivity index (χ2n) is 4.93. The lowest BCUT2D eigenvalue weighted by Crippen LogP contribution is -2.26. The Bertz CT molecular complexity index is 550. The van der Waals surface area contributed by atoms with Crippen LogP contribution in [0.3, 0.4) is 0 Å². The summed E-state index contributed by atoms with van der Waals surface area (Å²) < 4.78 is 5.40. The van der Waals surface area contributed by atoms with E-state index < -0.39 is 0 Å². The molecule has 0 saturated heterocycles. The third-order valence-corrected chi connectivity index (χ3v) is 5.38. The fourth-order valence-corrected chi connectivity index (χ4v) is 4.13. The predicted molar refractivity (Wildman–Crippen MR) is 85.8 cm³/mol. The van der Waals surface area contributed by atoms with Crippen molar-refractivity contribution < 1.29 is 4.74 Å². The summed E-state index contributed by atoms with van der Waals surface area (Å²) in [5, 5.41) is 0. The Morgan fingerprint density at radius 3 is 1.85 bits per heavy atom. The van der Waals surface area contributed by atoms with E-state index in [0.717, 1.165) is 17.9 Å². The Labute approximate surface area is 124 Å². The number of benzene rings is 2. The highest BCUT2D eigenvalue weighted by Crippen LogP contribution is 2.49. The largest absolute Gasteiger partial charge is 0.501 e. The maximum absolute atomic E-state index is 5.40. The minimum Gasteiger partial charge on any atom is -0.501 e. The standard InChI is InChI=1S/C18H18OS/c1-19-17-12-13-18(20-14-17,15-8-4-2-5-9-15)16-10-6-3-7-11-16/h2-12H,13-14H2,1H3. The summed E-state index contributed by atoms with van der Waals surface area (Å²) in [6.07, 6.45) is 3.20. The normalized spacial score (nSPS) is 17.4. The monoisotopic (exact) mass is 282 g/mol. The van der Waals surface area contributed by atoms with Crippen LogP contribution in [0.1, 0.15) is 17.5 Å². The molecule has 0 saturated carbocycles. The van der Waals surface area contributed by atoms with Crippen molar-refractivity contribution in [1.82, 2.24) is 0 Å². The molecule has 0 atom stereocenters.